The smallest absolute Gasteiger partial charge is 0.306 e. The van der Waals surface area contributed by atoms with Crippen LogP contribution in [0.15, 0.2) is 6.20 Å². The van der Waals surface area contributed by atoms with Gasteiger partial charge in [0.15, 0.2) is 5.69 Å². The van der Waals surface area contributed by atoms with Gasteiger partial charge in [-0.2, -0.15) is 8.75 Å². The van der Waals surface area contributed by atoms with E-state index in [1.807, 2.05) is 0 Å². The van der Waals surface area contributed by atoms with Crippen molar-refractivity contribution in [2.75, 3.05) is 6.54 Å². The molecule has 6 nitrogen and oxygen atoms in total. The van der Waals surface area contributed by atoms with Gasteiger partial charge in [0.05, 0.1) is 23.8 Å². The van der Waals surface area contributed by atoms with E-state index in [1.165, 1.54) is 6.20 Å². The fourth-order valence-electron chi connectivity index (χ4n) is 2.21. The number of rotatable bonds is 4. The van der Waals surface area contributed by atoms with Gasteiger partial charge in [0.2, 0.25) is 0 Å². The van der Waals surface area contributed by atoms with E-state index in [2.05, 4.69) is 14.1 Å². The lowest BCUT2D eigenvalue weighted by Gasteiger charge is -2.25. The zero-order valence-corrected chi connectivity index (χ0v) is 10.7. The second kappa shape index (κ2) is 5.90. The van der Waals surface area contributed by atoms with Gasteiger partial charge < -0.3 is 10.4 Å². The zero-order valence-electron chi connectivity index (χ0n) is 9.83. The zero-order chi connectivity index (χ0) is 13.0. The molecule has 98 valence electrons. The highest BCUT2D eigenvalue weighted by Crippen LogP contribution is 2.28. The molecule has 1 aliphatic carbocycles. The first kappa shape index (κ1) is 12.9. The average Bonchev–Trinajstić information content (AvgIpc) is 2.90. The van der Waals surface area contributed by atoms with Crippen LogP contribution >= 0.6 is 11.7 Å². The highest BCUT2D eigenvalue weighted by molar-refractivity contribution is 6.99. The minimum Gasteiger partial charge on any atom is -0.481 e. The van der Waals surface area contributed by atoms with Crippen LogP contribution in [0.25, 0.3) is 0 Å². The van der Waals surface area contributed by atoms with Crippen LogP contribution in [-0.4, -0.2) is 32.3 Å². The Morgan fingerprint density at radius 2 is 2.11 bits per heavy atom. The fraction of sp³-hybridized carbons (Fsp3) is 0.636. The summed E-state index contributed by atoms with van der Waals surface area (Å²) >= 11 is 1.01. The van der Waals surface area contributed by atoms with Crippen molar-refractivity contribution in [3.8, 4) is 0 Å². The van der Waals surface area contributed by atoms with Crippen molar-refractivity contribution in [2.45, 2.75) is 25.7 Å². The molecule has 0 aromatic carbocycles. The summed E-state index contributed by atoms with van der Waals surface area (Å²) < 4.78 is 7.63. The number of carboxylic acid groups (broad SMARTS) is 1. The molecular formula is C11H15N3O3S. The maximum absolute atomic E-state index is 11.6. The number of hydrogen-bond acceptors (Lipinski definition) is 5. The van der Waals surface area contributed by atoms with Crippen LogP contribution in [-0.2, 0) is 4.79 Å². The normalized spacial score (nSPS) is 23.6. The topological polar surface area (TPSA) is 92.2 Å². The van der Waals surface area contributed by atoms with Crippen LogP contribution in [0.3, 0.4) is 0 Å². The van der Waals surface area contributed by atoms with Crippen LogP contribution in [0, 0.1) is 11.8 Å². The predicted octanol–water partition coefficient (Wildman–Crippen LogP) is 1.16. The third kappa shape index (κ3) is 3.25. The van der Waals surface area contributed by atoms with Crippen molar-refractivity contribution in [2.24, 2.45) is 11.8 Å². The average molecular weight is 269 g/mol. The summed E-state index contributed by atoms with van der Waals surface area (Å²) in [5.74, 6) is -0.744. The molecule has 1 aromatic rings. The van der Waals surface area contributed by atoms with Gasteiger partial charge in [-0.1, -0.05) is 0 Å². The molecule has 0 atom stereocenters. The number of hydrogen-bond donors (Lipinski definition) is 2. The molecule has 1 saturated carbocycles. The monoisotopic (exact) mass is 269 g/mol. The number of carbonyl (C=O) groups is 2. The van der Waals surface area contributed by atoms with Gasteiger partial charge in [0.1, 0.15) is 0 Å². The summed E-state index contributed by atoms with van der Waals surface area (Å²) in [6.07, 6.45) is 4.56. The number of carbonyl (C=O) groups excluding carboxylic acids is 1. The third-order valence-corrected chi connectivity index (χ3v) is 3.82. The largest absolute Gasteiger partial charge is 0.481 e. The van der Waals surface area contributed by atoms with Gasteiger partial charge in [-0.3, -0.25) is 9.59 Å². The first-order valence-corrected chi connectivity index (χ1v) is 6.68. The van der Waals surface area contributed by atoms with Crippen molar-refractivity contribution in [1.29, 1.82) is 0 Å². The number of nitrogens with zero attached hydrogens (tertiary/aromatic N) is 2. The Labute approximate surface area is 109 Å². The van der Waals surface area contributed by atoms with Crippen molar-refractivity contribution in [3.05, 3.63) is 11.9 Å². The molecule has 1 fully saturated rings. The molecule has 1 aliphatic rings. The van der Waals surface area contributed by atoms with E-state index < -0.39 is 5.97 Å². The van der Waals surface area contributed by atoms with Crippen molar-refractivity contribution < 1.29 is 14.7 Å². The van der Waals surface area contributed by atoms with Gasteiger partial charge >= 0.3 is 5.97 Å². The molecule has 0 spiro atoms. The molecule has 0 unspecified atom stereocenters. The van der Waals surface area contributed by atoms with Gasteiger partial charge in [0.25, 0.3) is 5.91 Å². The molecule has 0 saturated heterocycles. The summed E-state index contributed by atoms with van der Waals surface area (Å²) in [5, 5.41) is 11.7. The summed E-state index contributed by atoms with van der Waals surface area (Å²) in [4.78, 5) is 22.4. The van der Waals surface area contributed by atoms with Gasteiger partial charge in [0, 0.05) is 6.54 Å². The number of aromatic nitrogens is 2. The maximum Gasteiger partial charge on any atom is 0.306 e. The van der Waals surface area contributed by atoms with Crippen LogP contribution in [0.1, 0.15) is 36.2 Å². The molecule has 0 bridgehead atoms. The number of nitrogens with one attached hydrogen (secondary N) is 1. The summed E-state index contributed by atoms with van der Waals surface area (Å²) in [5.41, 5.74) is 0.347. The fourth-order valence-corrected chi connectivity index (χ4v) is 2.62. The van der Waals surface area contributed by atoms with Crippen LogP contribution in [0.5, 0.6) is 0 Å². The number of carboxylic acids is 1. The SMILES string of the molecule is O=C(NCC1CCC(C(=O)O)CC1)c1cnsn1. The second-order valence-electron chi connectivity index (χ2n) is 4.56. The lowest BCUT2D eigenvalue weighted by atomic mass is 9.82. The second-order valence-corrected chi connectivity index (χ2v) is 5.12. The standard InChI is InChI=1S/C11H15N3O3S/c15-10(9-6-13-18-14-9)12-5-7-1-3-8(4-2-7)11(16)17/h6-8H,1-5H2,(H,12,15)(H,16,17). The Kier molecular flexibility index (Phi) is 4.24. The lowest BCUT2D eigenvalue weighted by Crippen LogP contribution is -2.32. The van der Waals surface area contributed by atoms with E-state index in [0.717, 1.165) is 24.6 Å². The molecule has 2 N–H and O–H groups in total. The van der Waals surface area contributed by atoms with Crippen molar-refractivity contribution in [1.82, 2.24) is 14.1 Å². The Balaban J connectivity index is 1.72. The van der Waals surface area contributed by atoms with Crippen molar-refractivity contribution in [3.63, 3.8) is 0 Å². The van der Waals surface area contributed by atoms with E-state index in [-0.39, 0.29) is 11.8 Å². The van der Waals surface area contributed by atoms with Crippen LogP contribution < -0.4 is 5.32 Å². The van der Waals surface area contributed by atoms with Gasteiger partial charge in [-0.15, -0.1) is 0 Å². The molecule has 0 aliphatic heterocycles. The summed E-state index contributed by atoms with van der Waals surface area (Å²) in [7, 11) is 0. The van der Waals surface area contributed by atoms with Crippen molar-refractivity contribution >= 4 is 23.6 Å². The lowest BCUT2D eigenvalue weighted by molar-refractivity contribution is -0.143. The van der Waals surface area contributed by atoms with Crippen LogP contribution in [0.2, 0.25) is 0 Å². The highest BCUT2D eigenvalue weighted by Gasteiger charge is 2.26. The molecule has 1 heterocycles. The van der Waals surface area contributed by atoms with E-state index in [9.17, 15) is 9.59 Å². The van der Waals surface area contributed by atoms with E-state index >= 15 is 0 Å². The Hall–Kier alpha value is -1.50. The quantitative estimate of drug-likeness (QED) is 0.855. The molecule has 7 heteroatoms. The van der Waals surface area contributed by atoms with Gasteiger partial charge in [-0.25, -0.2) is 0 Å². The number of amides is 1. The minimum atomic E-state index is -0.703. The third-order valence-electron chi connectivity index (χ3n) is 3.34. The molecular weight excluding hydrogens is 254 g/mol. The Bertz CT molecular complexity index is 413. The predicted molar refractivity (Wildman–Crippen MR) is 65.3 cm³/mol. The Morgan fingerprint density at radius 1 is 1.39 bits per heavy atom. The Morgan fingerprint density at radius 3 is 2.67 bits per heavy atom. The van der Waals surface area contributed by atoms with Gasteiger partial charge in [-0.05, 0) is 31.6 Å². The first-order valence-electron chi connectivity index (χ1n) is 5.95. The minimum absolute atomic E-state index is 0.205. The maximum atomic E-state index is 11.6. The molecule has 18 heavy (non-hydrogen) atoms. The van der Waals surface area contributed by atoms with E-state index in [4.69, 9.17) is 5.11 Å². The molecule has 2 rings (SSSR count). The first-order chi connectivity index (χ1) is 8.66. The molecule has 1 aromatic heterocycles. The van der Waals surface area contributed by atoms with Crippen LogP contribution in [0.4, 0.5) is 0 Å². The van der Waals surface area contributed by atoms with E-state index in [1.54, 1.807) is 0 Å². The van der Waals surface area contributed by atoms with E-state index in [0.29, 0.717) is 31.0 Å². The summed E-state index contributed by atoms with van der Waals surface area (Å²) in [6, 6.07) is 0. The molecule has 1 amide bonds. The summed E-state index contributed by atoms with van der Waals surface area (Å²) in [6.45, 7) is 0.586. The highest BCUT2D eigenvalue weighted by atomic mass is 32.1. The number of aliphatic carboxylic acids is 1. The molecule has 0 radical (unpaired) electrons.